The SMILES string of the molecule is Nc1cc(Cl)c(F)cc1OCCC(F)(F)F. The van der Waals surface area contributed by atoms with Crippen molar-refractivity contribution in [3.05, 3.63) is 23.0 Å². The van der Waals surface area contributed by atoms with Crippen molar-refractivity contribution in [1.29, 1.82) is 0 Å². The maximum Gasteiger partial charge on any atom is 0.392 e. The van der Waals surface area contributed by atoms with Crippen LogP contribution >= 0.6 is 11.6 Å². The van der Waals surface area contributed by atoms with Crippen LogP contribution in [0.15, 0.2) is 12.1 Å². The fraction of sp³-hybridized carbons (Fsp3) is 0.333. The van der Waals surface area contributed by atoms with Crippen LogP contribution in [-0.4, -0.2) is 12.8 Å². The molecule has 1 aromatic rings. The van der Waals surface area contributed by atoms with E-state index < -0.39 is 25.0 Å². The predicted molar refractivity (Wildman–Crippen MR) is 52.0 cm³/mol. The lowest BCUT2D eigenvalue weighted by Gasteiger charge is -2.11. The van der Waals surface area contributed by atoms with E-state index >= 15 is 0 Å². The van der Waals surface area contributed by atoms with Crippen molar-refractivity contribution in [2.24, 2.45) is 0 Å². The van der Waals surface area contributed by atoms with Gasteiger partial charge in [0, 0.05) is 6.07 Å². The quantitative estimate of drug-likeness (QED) is 0.665. The van der Waals surface area contributed by atoms with Crippen LogP contribution in [-0.2, 0) is 0 Å². The van der Waals surface area contributed by atoms with Crippen LogP contribution in [0.5, 0.6) is 5.75 Å². The molecule has 0 fully saturated rings. The molecule has 7 heteroatoms. The Morgan fingerprint density at radius 1 is 1.31 bits per heavy atom. The second kappa shape index (κ2) is 4.78. The highest BCUT2D eigenvalue weighted by atomic mass is 35.5. The standard InChI is InChI=1S/C9H8ClF4NO/c10-5-3-7(15)8(4-6(5)11)16-2-1-9(12,13)14/h3-4H,1-2,15H2. The van der Waals surface area contributed by atoms with Gasteiger partial charge in [0.05, 0.1) is 23.7 Å². The molecular weight excluding hydrogens is 250 g/mol. The third kappa shape index (κ3) is 3.77. The van der Waals surface area contributed by atoms with Gasteiger partial charge in [-0.05, 0) is 6.07 Å². The summed E-state index contributed by atoms with van der Waals surface area (Å²) < 4.78 is 53.0. The van der Waals surface area contributed by atoms with Crippen LogP contribution in [0.2, 0.25) is 5.02 Å². The zero-order chi connectivity index (χ0) is 12.3. The molecule has 16 heavy (non-hydrogen) atoms. The number of anilines is 1. The molecule has 0 aliphatic rings. The summed E-state index contributed by atoms with van der Waals surface area (Å²) in [5.74, 6) is -0.941. The van der Waals surface area contributed by atoms with Crippen molar-refractivity contribution >= 4 is 17.3 Å². The molecule has 0 radical (unpaired) electrons. The molecule has 90 valence electrons. The lowest BCUT2D eigenvalue weighted by atomic mass is 10.3. The molecule has 0 unspecified atom stereocenters. The number of nitrogens with two attached hydrogens (primary N) is 1. The Labute approximate surface area is 93.9 Å². The Kier molecular flexibility index (Phi) is 3.85. The third-order valence-electron chi connectivity index (χ3n) is 1.70. The largest absolute Gasteiger partial charge is 0.491 e. The Bertz CT molecular complexity index is 381. The summed E-state index contributed by atoms with van der Waals surface area (Å²) in [6.07, 6.45) is -5.45. The fourth-order valence-electron chi connectivity index (χ4n) is 0.946. The molecule has 0 bridgehead atoms. The topological polar surface area (TPSA) is 35.2 Å². The minimum atomic E-state index is -4.32. The van der Waals surface area contributed by atoms with Gasteiger partial charge in [0.1, 0.15) is 11.6 Å². The summed E-state index contributed by atoms with van der Waals surface area (Å²) in [5.41, 5.74) is 5.38. The summed E-state index contributed by atoms with van der Waals surface area (Å²) >= 11 is 5.40. The third-order valence-corrected chi connectivity index (χ3v) is 1.99. The molecule has 0 aromatic heterocycles. The maximum atomic E-state index is 12.9. The summed E-state index contributed by atoms with van der Waals surface area (Å²) in [6, 6.07) is 1.94. The molecule has 2 nitrogen and oxygen atoms in total. The number of alkyl halides is 3. The number of hydrogen-bond acceptors (Lipinski definition) is 2. The number of benzene rings is 1. The zero-order valence-electron chi connectivity index (χ0n) is 7.94. The minimum Gasteiger partial charge on any atom is -0.491 e. The van der Waals surface area contributed by atoms with Gasteiger partial charge in [-0.2, -0.15) is 13.2 Å². The summed E-state index contributed by atoms with van der Waals surface area (Å²) in [7, 11) is 0. The second-order valence-electron chi connectivity index (χ2n) is 3.02. The van der Waals surface area contributed by atoms with E-state index in [4.69, 9.17) is 22.1 Å². The molecule has 0 spiro atoms. The number of halogens is 5. The van der Waals surface area contributed by atoms with E-state index in [0.717, 1.165) is 12.1 Å². The van der Waals surface area contributed by atoms with Gasteiger partial charge in [0.2, 0.25) is 0 Å². The zero-order valence-corrected chi connectivity index (χ0v) is 8.70. The van der Waals surface area contributed by atoms with E-state index in [1.807, 2.05) is 0 Å². The first kappa shape index (κ1) is 12.9. The van der Waals surface area contributed by atoms with E-state index in [1.54, 1.807) is 0 Å². The number of ether oxygens (including phenoxy) is 1. The van der Waals surface area contributed by atoms with Gasteiger partial charge in [0.25, 0.3) is 0 Å². The van der Waals surface area contributed by atoms with Crippen LogP contribution in [0.4, 0.5) is 23.2 Å². The second-order valence-corrected chi connectivity index (χ2v) is 3.42. The highest BCUT2D eigenvalue weighted by Crippen LogP contribution is 2.29. The molecule has 0 heterocycles. The Morgan fingerprint density at radius 2 is 1.94 bits per heavy atom. The van der Waals surface area contributed by atoms with Crippen molar-refractivity contribution in [3.63, 3.8) is 0 Å². The van der Waals surface area contributed by atoms with Gasteiger partial charge >= 0.3 is 6.18 Å². The molecular formula is C9H8ClF4NO. The fourth-order valence-corrected chi connectivity index (χ4v) is 1.12. The van der Waals surface area contributed by atoms with E-state index in [2.05, 4.69) is 0 Å². The van der Waals surface area contributed by atoms with Crippen molar-refractivity contribution in [1.82, 2.24) is 0 Å². The number of rotatable bonds is 3. The van der Waals surface area contributed by atoms with Gasteiger partial charge in [-0.1, -0.05) is 11.6 Å². The molecule has 0 aliphatic carbocycles. The Balaban J connectivity index is 2.64. The Morgan fingerprint density at radius 3 is 2.50 bits per heavy atom. The van der Waals surface area contributed by atoms with E-state index in [0.29, 0.717) is 0 Å². The van der Waals surface area contributed by atoms with Crippen molar-refractivity contribution in [2.45, 2.75) is 12.6 Å². The van der Waals surface area contributed by atoms with Gasteiger partial charge in [0.15, 0.2) is 0 Å². The van der Waals surface area contributed by atoms with Crippen LogP contribution in [0.25, 0.3) is 0 Å². The van der Waals surface area contributed by atoms with E-state index in [1.165, 1.54) is 0 Å². The molecule has 2 N–H and O–H groups in total. The molecule has 1 rings (SSSR count). The monoisotopic (exact) mass is 257 g/mol. The molecule has 0 saturated carbocycles. The summed E-state index contributed by atoms with van der Waals surface area (Å²) in [6.45, 7) is -0.616. The van der Waals surface area contributed by atoms with Crippen LogP contribution < -0.4 is 10.5 Å². The first-order valence-corrected chi connectivity index (χ1v) is 4.61. The smallest absolute Gasteiger partial charge is 0.392 e. The van der Waals surface area contributed by atoms with Crippen molar-refractivity contribution in [3.8, 4) is 5.75 Å². The average molecular weight is 258 g/mol. The molecule has 0 saturated heterocycles. The van der Waals surface area contributed by atoms with E-state index in [-0.39, 0.29) is 16.5 Å². The normalized spacial score (nSPS) is 11.6. The van der Waals surface area contributed by atoms with Gasteiger partial charge in [-0.3, -0.25) is 0 Å². The number of hydrogen-bond donors (Lipinski definition) is 1. The lowest BCUT2D eigenvalue weighted by Crippen LogP contribution is -2.13. The molecule has 0 amide bonds. The predicted octanol–water partition coefficient (Wildman–Crippen LogP) is 3.39. The van der Waals surface area contributed by atoms with Crippen LogP contribution in [0.3, 0.4) is 0 Å². The summed E-state index contributed by atoms with van der Waals surface area (Å²) in [4.78, 5) is 0. The minimum absolute atomic E-state index is 0.00595. The first-order chi connectivity index (χ1) is 7.29. The average Bonchev–Trinajstić information content (AvgIpc) is 2.11. The first-order valence-electron chi connectivity index (χ1n) is 4.23. The van der Waals surface area contributed by atoms with Crippen LogP contribution in [0, 0.1) is 5.82 Å². The highest BCUT2D eigenvalue weighted by molar-refractivity contribution is 6.31. The van der Waals surface area contributed by atoms with Gasteiger partial charge in [-0.25, -0.2) is 4.39 Å². The molecule has 0 aliphatic heterocycles. The lowest BCUT2D eigenvalue weighted by molar-refractivity contribution is -0.139. The van der Waals surface area contributed by atoms with Crippen molar-refractivity contribution < 1.29 is 22.3 Å². The van der Waals surface area contributed by atoms with Gasteiger partial charge in [-0.15, -0.1) is 0 Å². The molecule has 1 aromatic carbocycles. The number of nitrogen functional groups attached to an aromatic ring is 1. The van der Waals surface area contributed by atoms with Gasteiger partial charge < -0.3 is 10.5 Å². The van der Waals surface area contributed by atoms with Crippen molar-refractivity contribution in [2.75, 3.05) is 12.3 Å². The highest BCUT2D eigenvalue weighted by Gasteiger charge is 2.27. The van der Waals surface area contributed by atoms with E-state index in [9.17, 15) is 17.6 Å². The van der Waals surface area contributed by atoms with Crippen LogP contribution in [0.1, 0.15) is 6.42 Å². The Hall–Kier alpha value is -1.17. The molecule has 0 atom stereocenters. The maximum absolute atomic E-state index is 12.9. The summed E-state index contributed by atoms with van der Waals surface area (Å²) in [5, 5.41) is -0.208.